The molecule has 1 N–H and O–H groups in total. The summed E-state index contributed by atoms with van der Waals surface area (Å²) >= 11 is 5.87. The van der Waals surface area contributed by atoms with E-state index in [1.54, 1.807) is 6.07 Å². The normalized spacial score (nSPS) is 17.3. The molecule has 15 heavy (non-hydrogen) atoms. The van der Waals surface area contributed by atoms with Gasteiger partial charge in [0.25, 0.3) is 0 Å². The predicted molar refractivity (Wildman–Crippen MR) is 61.0 cm³/mol. The van der Waals surface area contributed by atoms with E-state index in [2.05, 4.69) is 11.4 Å². The number of piperidine rings is 1. The van der Waals surface area contributed by atoms with Gasteiger partial charge in [0, 0.05) is 5.02 Å². The van der Waals surface area contributed by atoms with Crippen LogP contribution in [0.25, 0.3) is 0 Å². The van der Waals surface area contributed by atoms with Crippen molar-refractivity contribution in [1.82, 2.24) is 5.32 Å². The van der Waals surface area contributed by atoms with Gasteiger partial charge in [0.05, 0.1) is 11.6 Å². The van der Waals surface area contributed by atoms with Gasteiger partial charge in [0.1, 0.15) is 0 Å². The van der Waals surface area contributed by atoms with Crippen molar-refractivity contribution < 1.29 is 0 Å². The number of nitriles is 1. The molecule has 0 radical (unpaired) electrons. The Morgan fingerprint density at radius 2 is 2.07 bits per heavy atom. The van der Waals surface area contributed by atoms with E-state index in [0.717, 1.165) is 37.1 Å². The van der Waals surface area contributed by atoms with Gasteiger partial charge in [0.2, 0.25) is 0 Å². The van der Waals surface area contributed by atoms with Gasteiger partial charge in [-0.1, -0.05) is 17.7 Å². The third kappa shape index (κ3) is 2.31. The molecular weight excluding hydrogens is 208 g/mol. The molecule has 0 saturated carbocycles. The highest BCUT2D eigenvalue weighted by molar-refractivity contribution is 6.30. The minimum atomic E-state index is 0.512. The summed E-state index contributed by atoms with van der Waals surface area (Å²) in [6.45, 7) is 2.08. The number of benzene rings is 1. The minimum Gasteiger partial charge on any atom is -0.317 e. The maximum Gasteiger partial charge on any atom is 0.0995 e. The lowest BCUT2D eigenvalue weighted by molar-refractivity contribution is 0.460. The highest BCUT2D eigenvalue weighted by Crippen LogP contribution is 2.29. The van der Waals surface area contributed by atoms with Crippen molar-refractivity contribution >= 4 is 11.6 Å². The summed E-state index contributed by atoms with van der Waals surface area (Å²) in [5, 5.41) is 13.0. The Morgan fingerprint density at radius 3 is 2.73 bits per heavy atom. The Labute approximate surface area is 94.9 Å². The lowest BCUT2D eigenvalue weighted by Crippen LogP contribution is -2.26. The third-order valence-corrected chi connectivity index (χ3v) is 3.15. The molecule has 0 amide bonds. The van der Waals surface area contributed by atoms with Gasteiger partial charge < -0.3 is 5.32 Å². The Morgan fingerprint density at radius 1 is 1.33 bits per heavy atom. The van der Waals surface area contributed by atoms with E-state index in [1.165, 1.54) is 0 Å². The summed E-state index contributed by atoms with van der Waals surface area (Å²) in [4.78, 5) is 0. The molecule has 0 aliphatic carbocycles. The number of rotatable bonds is 1. The molecule has 1 fully saturated rings. The van der Waals surface area contributed by atoms with Crippen LogP contribution >= 0.6 is 11.6 Å². The highest BCUT2D eigenvalue weighted by atomic mass is 35.5. The van der Waals surface area contributed by atoms with Crippen molar-refractivity contribution in [3.8, 4) is 6.07 Å². The Kier molecular flexibility index (Phi) is 3.25. The van der Waals surface area contributed by atoms with E-state index in [0.29, 0.717) is 10.9 Å². The number of hydrogen-bond donors (Lipinski definition) is 1. The molecule has 0 aromatic heterocycles. The summed E-state index contributed by atoms with van der Waals surface area (Å²) in [5.74, 6) is 0.512. The minimum absolute atomic E-state index is 0.512. The fraction of sp³-hybridized carbons (Fsp3) is 0.417. The number of hydrogen-bond acceptors (Lipinski definition) is 2. The van der Waals surface area contributed by atoms with E-state index in [9.17, 15) is 0 Å². The van der Waals surface area contributed by atoms with Crippen LogP contribution in [-0.4, -0.2) is 13.1 Å². The molecular formula is C12H13ClN2. The molecule has 0 atom stereocenters. The standard InChI is InChI=1S/C12H13ClN2/c13-11-1-2-12(10(7-11)8-14)9-3-5-15-6-4-9/h1-2,7,9,15H,3-6H2. The first-order valence-corrected chi connectivity index (χ1v) is 5.59. The fourth-order valence-electron chi connectivity index (χ4n) is 2.11. The Balaban J connectivity index is 2.30. The summed E-state index contributed by atoms with van der Waals surface area (Å²) in [5.41, 5.74) is 1.89. The molecule has 0 spiro atoms. The Hall–Kier alpha value is -1.04. The second-order valence-electron chi connectivity index (χ2n) is 3.87. The largest absolute Gasteiger partial charge is 0.317 e. The fourth-order valence-corrected chi connectivity index (χ4v) is 2.29. The molecule has 1 aromatic rings. The molecule has 0 bridgehead atoms. The lowest BCUT2D eigenvalue weighted by Gasteiger charge is -2.23. The molecule has 0 unspecified atom stereocenters. The molecule has 78 valence electrons. The van der Waals surface area contributed by atoms with Gasteiger partial charge >= 0.3 is 0 Å². The molecule has 2 rings (SSSR count). The van der Waals surface area contributed by atoms with Crippen molar-refractivity contribution in [3.05, 3.63) is 34.3 Å². The molecule has 3 heteroatoms. The molecule has 1 aliphatic rings. The van der Waals surface area contributed by atoms with E-state index < -0.39 is 0 Å². The number of nitrogens with zero attached hydrogens (tertiary/aromatic N) is 1. The van der Waals surface area contributed by atoms with Crippen LogP contribution in [0.2, 0.25) is 5.02 Å². The average molecular weight is 221 g/mol. The maximum absolute atomic E-state index is 9.05. The quantitative estimate of drug-likeness (QED) is 0.790. The average Bonchev–Trinajstić information content (AvgIpc) is 2.30. The van der Waals surface area contributed by atoms with Crippen LogP contribution in [0, 0.1) is 11.3 Å². The summed E-state index contributed by atoms with van der Waals surface area (Å²) in [6, 6.07) is 7.86. The zero-order valence-corrected chi connectivity index (χ0v) is 9.22. The first-order chi connectivity index (χ1) is 7.31. The summed E-state index contributed by atoms with van der Waals surface area (Å²) in [6.07, 6.45) is 2.21. The molecule has 2 nitrogen and oxygen atoms in total. The second-order valence-corrected chi connectivity index (χ2v) is 4.30. The van der Waals surface area contributed by atoms with Crippen LogP contribution in [0.4, 0.5) is 0 Å². The highest BCUT2D eigenvalue weighted by Gasteiger charge is 2.18. The third-order valence-electron chi connectivity index (χ3n) is 2.91. The van der Waals surface area contributed by atoms with Crippen LogP contribution in [0.1, 0.15) is 29.9 Å². The predicted octanol–water partition coefficient (Wildman–Crippen LogP) is 2.68. The van der Waals surface area contributed by atoms with Gasteiger partial charge in [0.15, 0.2) is 0 Å². The van der Waals surface area contributed by atoms with E-state index in [-0.39, 0.29) is 0 Å². The van der Waals surface area contributed by atoms with Crippen molar-refractivity contribution in [1.29, 1.82) is 5.26 Å². The SMILES string of the molecule is N#Cc1cc(Cl)ccc1C1CCNCC1. The zero-order chi connectivity index (χ0) is 10.7. The van der Waals surface area contributed by atoms with Crippen molar-refractivity contribution in [2.24, 2.45) is 0 Å². The van der Waals surface area contributed by atoms with Gasteiger partial charge in [-0.15, -0.1) is 0 Å². The first-order valence-electron chi connectivity index (χ1n) is 5.21. The van der Waals surface area contributed by atoms with Crippen LogP contribution < -0.4 is 5.32 Å². The lowest BCUT2D eigenvalue weighted by atomic mass is 9.87. The second kappa shape index (κ2) is 4.65. The first kappa shape index (κ1) is 10.5. The van der Waals surface area contributed by atoms with Crippen LogP contribution in [-0.2, 0) is 0 Å². The van der Waals surface area contributed by atoms with Gasteiger partial charge in [-0.05, 0) is 49.5 Å². The van der Waals surface area contributed by atoms with Crippen molar-refractivity contribution in [2.75, 3.05) is 13.1 Å². The van der Waals surface area contributed by atoms with E-state index in [1.807, 2.05) is 12.1 Å². The zero-order valence-electron chi connectivity index (χ0n) is 8.46. The number of halogens is 1. The molecule has 1 aromatic carbocycles. The van der Waals surface area contributed by atoms with Gasteiger partial charge in [-0.25, -0.2) is 0 Å². The van der Waals surface area contributed by atoms with Gasteiger partial charge in [-0.2, -0.15) is 5.26 Å². The maximum atomic E-state index is 9.05. The summed E-state index contributed by atoms with van der Waals surface area (Å²) < 4.78 is 0. The topological polar surface area (TPSA) is 35.8 Å². The van der Waals surface area contributed by atoms with Crippen LogP contribution in [0.15, 0.2) is 18.2 Å². The Bertz CT molecular complexity index is 389. The molecule has 1 aliphatic heterocycles. The molecule has 1 heterocycles. The van der Waals surface area contributed by atoms with Crippen molar-refractivity contribution in [2.45, 2.75) is 18.8 Å². The monoisotopic (exact) mass is 220 g/mol. The smallest absolute Gasteiger partial charge is 0.0995 e. The van der Waals surface area contributed by atoms with Crippen molar-refractivity contribution in [3.63, 3.8) is 0 Å². The van der Waals surface area contributed by atoms with Crippen LogP contribution in [0.5, 0.6) is 0 Å². The molecule has 1 saturated heterocycles. The van der Waals surface area contributed by atoms with E-state index in [4.69, 9.17) is 16.9 Å². The summed E-state index contributed by atoms with van der Waals surface area (Å²) in [7, 11) is 0. The van der Waals surface area contributed by atoms with Crippen LogP contribution in [0.3, 0.4) is 0 Å². The van der Waals surface area contributed by atoms with E-state index >= 15 is 0 Å². The number of nitrogens with one attached hydrogen (secondary N) is 1. The van der Waals surface area contributed by atoms with Gasteiger partial charge in [-0.3, -0.25) is 0 Å².